The number of carbonyl (C=O) groups excluding carboxylic acids is 2. The number of benzene rings is 1. The zero-order chi connectivity index (χ0) is 14.7. The van der Waals surface area contributed by atoms with Crippen LogP contribution in [0.3, 0.4) is 0 Å². The molecule has 1 aliphatic rings. The zero-order valence-electron chi connectivity index (χ0n) is 12.3. The van der Waals surface area contributed by atoms with Gasteiger partial charge < -0.3 is 10.2 Å². The molecular formula is C16H22N2O2. The first kappa shape index (κ1) is 14.6. The SMILES string of the molecule is CC(=O)c1ccc(NC(=O)N(CC2CC2)C(C)C)cc1. The van der Waals surface area contributed by atoms with Crippen LogP contribution in [0, 0.1) is 5.92 Å². The maximum Gasteiger partial charge on any atom is 0.322 e. The molecule has 2 rings (SSSR count). The van der Waals surface area contributed by atoms with Crippen molar-refractivity contribution in [3.8, 4) is 0 Å². The maximum absolute atomic E-state index is 12.3. The molecule has 1 aromatic carbocycles. The van der Waals surface area contributed by atoms with Crippen LogP contribution in [0.2, 0.25) is 0 Å². The lowest BCUT2D eigenvalue weighted by Crippen LogP contribution is -2.41. The Morgan fingerprint density at radius 1 is 1.25 bits per heavy atom. The number of amides is 2. The molecule has 0 aromatic heterocycles. The summed E-state index contributed by atoms with van der Waals surface area (Å²) >= 11 is 0. The molecule has 0 saturated heterocycles. The molecule has 0 spiro atoms. The highest BCUT2D eigenvalue weighted by Crippen LogP contribution is 2.30. The Hall–Kier alpha value is -1.84. The minimum absolute atomic E-state index is 0.0282. The van der Waals surface area contributed by atoms with Crippen LogP contribution in [-0.2, 0) is 0 Å². The average molecular weight is 274 g/mol. The lowest BCUT2D eigenvalue weighted by molar-refractivity contribution is 0.101. The summed E-state index contributed by atoms with van der Waals surface area (Å²) in [6.45, 7) is 6.42. The van der Waals surface area contributed by atoms with Crippen LogP contribution in [-0.4, -0.2) is 29.3 Å². The van der Waals surface area contributed by atoms with E-state index in [4.69, 9.17) is 0 Å². The topological polar surface area (TPSA) is 49.4 Å². The second kappa shape index (κ2) is 6.07. The molecule has 20 heavy (non-hydrogen) atoms. The number of ketones is 1. The summed E-state index contributed by atoms with van der Waals surface area (Å²) in [6.07, 6.45) is 2.45. The number of hydrogen-bond donors (Lipinski definition) is 1. The van der Waals surface area contributed by atoms with Crippen LogP contribution < -0.4 is 5.32 Å². The van der Waals surface area contributed by atoms with Crippen molar-refractivity contribution in [1.29, 1.82) is 0 Å². The predicted octanol–water partition coefficient (Wildman–Crippen LogP) is 3.54. The summed E-state index contributed by atoms with van der Waals surface area (Å²) in [7, 11) is 0. The van der Waals surface area contributed by atoms with E-state index in [-0.39, 0.29) is 17.9 Å². The second-order valence-corrected chi connectivity index (χ2v) is 5.75. The molecule has 1 aromatic rings. The number of nitrogens with one attached hydrogen (secondary N) is 1. The van der Waals surface area contributed by atoms with E-state index in [1.807, 2.05) is 18.7 Å². The van der Waals surface area contributed by atoms with Crippen molar-refractivity contribution < 1.29 is 9.59 Å². The van der Waals surface area contributed by atoms with Gasteiger partial charge in [0.15, 0.2) is 5.78 Å². The standard InChI is InChI=1S/C16H22N2O2/c1-11(2)18(10-13-4-5-13)16(20)17-15-8-6-14(7-9-15)12(3)19/h6-9,11,13H,4-5,10H2,1-3H3,(H,17,20). The number of nitrogens with zero attached hydrogens (tertiary/aromatic N) is 1. The van der Waals surface area contributed by atoms with Crippen LogP contribution >= 0.6 is 0 Å². The van der Waals surface area contributed by atoms with Crippen LogP contribution in [0.4, 0.5) is 10.5 Å². The Balaban J connectivity index is 1.99. The van der Waals surface area contributed by atoms with E-state index in [9.17, 15) is 9.59 Å². The van der Waals surface area contributed by atoms with Crippen molar-refractivity contribution in [2.45, 2.75) is 39.7 Å². The summed E-state index contributed by atoms with van der Waals surface area (Å²) in [4.78, 5) is 25.4. The molecule has 2 amide bonds. The average Bonchev–Trinajstić information content (AvgIpc) is 3.20. The van der Waals surface area contributed by atoms with E-state index in [2.05, 4.69) is 5.32 Å². The first-order valence-electron chi connectivity index (χ1n) is 7.16. The fourth-order valence-corrected chi connectivity index (χ4v) is 2.09. The smallest absolute Gasteiger partial charge is 0.322 e. The van der Waals surface area contributed by atoms with Gasteiger partial charge >= 0.3 is 6.03 Å². The van der Waals surface area contributed by atoms with Crippen molar-refractivity contribution in [2.24, 2.45) is 5.92 Å². The molecule has 0 radical (unpaired) electrons. The summed E-state index contributed by atoms with van der Waals surface area (Å²) in [5.41, 5.74) is 1.38. The fraction of sp³-hybridized carbons (Fsp3) is 0.500. The molecule has 1 saturated carbocycles. The Labute approximate surface area is 120 Å². The van der Waals surface area contributed by atoms with Gasteiger partial charge in [-0.1, -0.05) is 0 Å². The van der Waals surface area contributed by atoms with Crippen molar-refractivity contribution in [3.63, 3.8) is 0 Å². The molecule has 108 valence electrons. The summed E-state index contributed by atoms with van der Waals surface area (Å²) < 4.78 is 0. The predicted molar refractivity (Wildman–Crippen MR) is 80.0 cm³/mol. The first-order valence-corrected chi connectivity index (χ1v) is 7.16. The fourth-order valence-electron chi connectivity index (χ4n) is 2.09. The molecule has 0 atom stereocenters. The summed E-state index contributed by atoms with van der Waals surface area (Å²) in [5, 5.41) is 2.90. The number of rotatable bonds is 5. The van der Waals surface area contributed by atoms with E-state index in [1.54, 1.807) is 24.3 Å². The highest BCUT2D eigenvalue weighted by molar-refractivity contribution is 5.95. The van der Waals surface area contributed by atoms with Crippen LogP contribution in [0.1, 0.15) is 44.0 Å². The van der Waals surface area contributed by atoms with E-state index in [0.29, 0.717) is 11.5 Å². The molecule has 4 heteroatoms. The molecular weight excluding hydrogens is 252 g/mol. The van der Waals surface area contributed by atoms with Gasteiger partial charge in [0.05, 0.1) is 0 Å². The van der Waals surface area contributed by atoms with Crippen LogP contribution in [0.25, 0.3) is 0 Å². The minimum atomic E-state index is -0.0672. The van der Waals surface area contributed by atoms with Crippen LogP contribution in [0.15, 0.2) is 24.3 Å². The minimum Gasteiger partial charge on any atom is -0.322 e. The van der Waals surface area contributed by atoms with Gasteiger partial charge in [0, 0.05) is 23.8 Å². The van der Waals surface area contributed by atoms with E-state index in [0.717, 1.165) is 12.2 Å². The third-order valence-corrected chi connectivity index (χ3v) is 3.58. The summed E-state index contributed by atoms with van der Waals surface area (Å²) in [5.74, 6) is 0.698. The van der Waals surface area contributed by atoms with Crippen molar-refractivity contribution in [3.05, 3.63) is 29.8 Å². The van der Waals surface area contributed by atoms with Gasteiger partial charge in [-0.05, 0) is 63.8 Å². The first-order chi connectivity index (χ1) is 9.47. The number of carbonyl (C=O) groups is 2. The van der Waals surface area contributed by atoms with Crippen molar-refractivity contribution >= 4 is 17.5 Å². The molecule has 0 aliphatic heterocycles. The highest BCUT2D eigenvalue weighted by atomic mass is 16.2. The van der Waals surface area contributed by atoms with Gasteiger partial charge in [0.2, 0.25) is 0 Å². The quantitative estimate of drug-likeness (QED) is 0.835. The largest absolute Gasteiger partial charge is 0.322 e. The Kier molecular flexibility index (Phi) is 4.42. The van der Waals surface area contributed by atoms with Gasteiger partial charge in [-0.25, -0.2) is 4.79 Å². The number of urea groups is 1. The molecule has 4 nitrogen and oxygen atoms in total. The van der Waals surface area contributed by atoms with Crippen molar-refractivity contribution in [1.82, 2.24) is 4.90 Å². The van der Waals surface area contributed by atoms with E-state index >= 15 is 0 Å². The molecule has 0 bridgehead atoms. The lowest BCUT2D eigenvalue weighted by Gasteiger charge is -2.27. The third kappa shape index (κ3) is 3.83. The van der Waals surface area contributed by atoms with Gasteiger partial charge in [0.25, 0.3) is 0 Å². The van der Waals surface area contributed by atoms with E-state index < -0.39 is 0 Å². The Morgan fingerprint density at radius 2 is 1.85 bits per heavy atom. The number of hydrogen-bond acceptors (Lipinski definition) is 2. The number of Topliss-reactive ketones (excluding diaryl/α,β-unsaturated/α-hetero) is 1. The zero-order valence-corrected chi connectivity index (χ0v) is 12.3. The van der Waals surface area contributed by atoms with Gasteiger partial charge in [0.1, 0.15) is 0 Å². The van der Waals surface area contributed by atoms with Crippen LogP contribution in [0.5, 0.6) is 0 Å². The highest BCUT2D eigenvalue weighted by Gasteiger charge is 2.28. The van der Waals surface area contributed by atoms with Gasteiger partial charge in [-0.3, -0.25) is 4.79 Å². The van der Waals surface area contributed by atoms with Gasteiger partial charge in [-0.15, -0.1) is 0 Å². The summed E-state index contributed by atoms with van der Waals surface area (Å²) in [6, 6.07) is 7.13. The molecule has 0 heterocycles. The third-order valence-electron chi connectivity index (χ3n) is 3.58. The lowest BCUT2D eigenvalue weighted by atomic mass is 10.1. The normalized spacial score (nSPS) is 14.2. The van der Waals surface area contributed by atoms with Gasteiger partial charge in [-0.2, -0.15) is 0 Å². The number of anilines is 1. The molecule has 1 fully saturated rings. The Bertz CT molecular complexity index is 490. The maximum atomic E-state index is 12.3. The van der Waals surface area contributed by atoms with Crippen molar-refractivity contribution in [2.75, 3.05) is 11.9 Å². The molecule has 1 N–H and O–H groups in total. The Morgan fingerprint density at radius 3 is 2.30 bits per heavy atom. The second-order valence-electron chi connectivity index (χ2n) is 5.75. The molecule has 0 unspecified atom stereocenters. The molecule has 1 aliphatic carbocycles. The van der Waals surface area contributed by atoms with E-state index in [1.165, 1.54) is 19.8 Å². The monoisotopic (exact) mass is 274 g/mol.